The molecule has 0 saturated heterocycles. The van der Waals surface area contributed by atoms with Crippen LogP contribution in [0.15, 0.2) is 46.9 Å². The first-order chi connectivity index (χ1) is 8.72. The highest BCUT2D eigenvalue weighted by molar-refractivity contribution is 9.10. The summed E-state index contributed by atoms with van der Waals surface area (Å²) in [6.45, 7) is 2.73. The van der Waals surface area contributed by atoms with Crippen molar-refractivity contribution in [2.75, 3.05) is 5.32 Å². The molecule has 0 bridgehead atoms. The van der Waals surface area contributed by atoms with Gasteiger partial charge < -0.3 is 5.32 Å². The lowest BCUT2D eigenvalue weighted by Crippen LogP contribution is -2.03. The summed E-state index contributed by atoms with van der Waals surface area (Å²) in [6.07, 6.45) is 0.980. The second-order valence-electron chi connectivity index (χ2n) is 4.08. The number of rotatable bonds is 4. The van der Waals surface area contributed by atoms with Crippen molar-refractivity contribution in [3.63, 3.8) is 0 Å². The van der Waals surface area contributed by atoms with Gasteiger partial charge in [-0.15, -0.1) is 0 Å². The zero-order chi connectivity index (χ0) is 13.0. The van der Waals surface area contributed by atoms with Gasteiger partial charge in [0.15, 0.2) is 0 Å². The van der Waals surface area contributed by atoms with Crippen molar-refractivity contribution in [2.24, 2.45) is 0 Å². The van der Waals surface area contributed by atoms with Crippen molar-refractivity contribution in [2.45, 2.75) is 19.9 Å². The van der Waals surface area contributed by atoms with Crippen molar-refractivity contribution in [1.82, 2.24) is 0 Å². The summed E-state index contributed by atoms with van der Waals surface area (Å²) in [5, 5.41) is 3.35. The minimum Gasteiger partial charge on any atom is -0.381 e. The Hall–Kier alpha value is -1.35. The summed E-state index contributed by atoms with van der Waals surface area (Å²) >= 11 is 3.27. The third-order valence-electron chi connectivity index (χ3n) is 2.90. The molecule has 94 valence electrons. The van der Waals surface area contributed by atoms with Crippen LogP contribution in [-0.2, 0) is 13.0 Å². The summed E-state index contributed by atoms with van der Waals surface area (Å²) in [6, 6.07) is 13.3. The highest BCUT2D eigenvalue weighted by atomic mass is 79.9. The Morgan fingerprint density at radius 1 is 1.06 bits per heavy atom. The van der Waals surface area contributed by atoms with Crippen LogP contribution >= 0.6 is 15.9 Å². The molecule has 0 fully saturated rings. The average molecular weight is 308 g/mol. The topological polar surface area (TPSA) is 12.0 Å². The van der Waals surface area contributed by atoms with E-state index in [9.17, 15) is 4.39 Å². The van der Waals surface area contributed by atoms with E-state index in [-0.39, 0.29) is 5.82 Å². The standard InChI is InChI=1S/C15H15BrFN/c1-2-11-6-3-4-9-14(11)18-10-12-7-5-8-13(17)15(12)16/h3-9,18H,2,10H2,1H3. The maximum atomic E-state index is 13.4. The van der Waals surface area contributed by atoms with Crippen LogP contribution in [0.2, 0.25) is 0 Å². The zero-order valence-corrected chi connectivity index (χ0v) is 11.8. The Balaban J connectivity index is 2.14. The Morgan fingerprint density at radius 2 is 1.78 bits per heavy atom. The Morgan fingerprint density at radius 3 is 2.56 bits per heavy atom. The molecule has 18 heavy (non-hydrogen) atoms. The number of hydrogen-bond donors (Lipinski definition) is 1. The van der Waals surface area contributed by atoms with Gasteiger partial charge in [-0.1, -0.05) is 37.3 Å². The number of hydrogen-bond acceptors (Lipinski definition) is 1. The van der Waals surface area contributed by atoms with Gasteiger partial charge in [0, 0.05) is 12.2 Å². The average Bonchev–Trinajstić information content (AvgIpc) is 2.41. The van der Waals surface area contributed by atoms with E-state index in [0.717, 1.165) is 17.7 Å². The molecular formula is C15H15BrFN. The molecule has 1 nitrogen and oxygen atoms in total. The molecule has 0 heterocycles. The lowest BCUT2D eigenvalue weighted by Gasteiger charge is -2.12. The van der Waals surface area contributed by atoms with Gasteiger partial charge in [0.05, 0.1) is 4.47 Å². The van der Waals surface area contributed by atoms with E-state index in [4.69, 9.17) is 0 Å². The van der Waals surface area contributed by atoms with Crippen LogP contribution in [0.3, 0.4) is 0 Å². The van der Waals surface area contributed by atoms with E-state index < -0.39 is 0 Å². The molecule has 2 rings (SSSR count). The van der Waals surface area contributed by atoms with Gasteiger partial charge in [-0.25, -0.2) is 4.39 Å². The number of nitrogens with one attached hydrogen (secondary N) is 1. The van der Waals surface area contributed by atoms with Crippen LogP contribution in [0.25, 0.3) is 0 Å². The first-order valence-corrected chi connectivity index (χ1v) is 6.76. The predicted molar refractivity (Wildman–Crippen MR) is 77.2 cm³/mol. The third-order valence-corrected chi connectivity index (χ3v) is 3.79. The second kappa shape index (κ2) is 6.01. The SMILES string of the molecule is CCc1ccccc1NCc1cccc(F)c1Br. The number of para-hydroxylation sites is 1. The van der Waals surface area contributed by atoms with Crippen molar-refractivity contribution in [1.29, 1.82) is 0 Å². The third kappa shape index (κ3) is 2.91. The molecule has 0 atom stereocenters. The molecule has 0 saturated carbocycles. The molecule has 0 unspecified atom stereocenters. The van der Waals surface area contributed by atoms with Gasteiger partial charge in [0.1, 0.15) is 5.82 Å². The zero-order valence-electron chi connectivity index (χ0n) is 10.2. The Bertz CT molecular complexity index is 540. The van der Waals surface area contributed by atoms with Crippen molar-refractivity contribution >= 4 is 21.6 Å². The lowest BCUT2D eigenvalue weighted by atomic mass is 10.1. The van der Waals surface area contributed by atoms with Crippen molar-refractivity contribution < 1.29 is 4.39 Å². The number of aryl methyl sites for hydroxylation is 1. The van der Waals surface area contributed by atoms with Gasteiger partial charge in [-0.3, -0.25) is 0 Å². The fraction of sp³-hybridized carbons (Fsp3) is 0.200. The van der Waals surface area contributed by atoms with Gasteiger partial charge in [0.2, 0.25) is 0 Å². The van der Waals surface area contributed by atoms with E-state index >= 15 is 0 Å². The van der Waals surface area contributed by atoms with Crippen LogP contribution in [0, 0.1) is 5.82 Å². The molecule has 2 aromatic rings. The molecule has 0 aliphatic carbocycles. The monoisotopic (exact) mass is 307 g/mol. The van der Waals surface area contributed by atoms with Gasteiger partial charge in [0.25, 0.3) is 0 Å². The minimum absolute atomic E-state index is 0.224. The maximum Gasteiger partial charge on any atom is 0.137 e. The summed E-state index contributed by atoms with van der Waals surface area (Å²) in [5.41, 5.74) is 3.29. The summed E-state index contributed by atoms with van der Waals surface area (Å²) in [7, 11) is 0. The molecular weight excluding hydrogens is 293 g/mol. The normalized spacial score (nSPS) is 10.4. The molecule has 2 aromatic carbocycles. The van der Waals surface area contributed by atoms with Gasteiger partial charge in [-0.2, -0.15) is 0 Å². The van der Waals surface area contributed by atoms with E-state index in [1.165, 1.54) is 11.6 Å². The van der Waals surface area contributed by atoms with Crippen LogP contribution in [-0.4, -0.2) is 0 Å². The van der Waals surface area contributed by atoms with Crippen LogP contribution in [0.1, 0.15) is 18.1 Å². The number of benzene rings is 2. The Kier molecular flexibility index (Phi) is 4.37. The largest absolute Gasteiger partial charge is 0.381 e. The summed E-state index contributed by atoms with van der Waals surface area (Å²) in [5.74, 6) is -0.224. The van der Waals surface area contributed by atoms with E-state index in [0.29, 0.717) is 11.0 Å². The lowest BCUT2D eigenvalue weighted by molar-refractivity contribution is 0.618. The van der Waals surface area contributed by atoms with Crippen LogP contribution in [0.4, 0.5) is 10.1 Å². The molecule has 0 radical (unpaired) electrons. The molecule has 0 aromatic heterocycles. The fourth-order valence-corrected chi connectivity index (χ4v) is 2.28. The molecule has 0 aliphatic rings. The molecule has 0 amide bonds. The first-order valence-electron chi connectivity index (χ1n) is 5.97. The van der Waals surface area contributed by atoms with Crippen LogP contribution in [0.5, 0.6) is 0 Å². The number of halogens is 2. The van der Waals surface area contributed by atoms with Crippen LogP contribution < -0.4 is 5.32 Å². The number of anilines is 1. The summed E-state index contributed by atoms with van der Waals surface area (Å²) in [4.78, 5) is 0. The molecule has 0 spiro atoms. The quantitative estimate of drug-likeness (QED) is 0.858. The molecule has 3 heteroatoms. The predicted octanol–water partition coefficient (Wildman–Crippen LogP) is 4.76. The maximum absolute atomic E-state index is 13.4. The smallest absolute Gasteiger partial charge is 0.137 e. The van der Waals surface area contributed by atoms with Gasteiger partial charge >= 0.3 is 0 Å². The fourth-order valence-electron chi connectivity index (χ4n) is 1.88. The van der Waals surface area contributed by atoms with E-state index in [2.05, 4.69) is 34.2 Å². The Labute approximate surface area is 115 Å². The summed E-state index contributed by atoms with van der Waals surface area (Å²) < 4.78 is 13.9. The highest BCUT2D eigenvalue weighted by Gasteiger charge is 2.05. The van der Waals surface area contributed by atoms with Crippen molar-refractivity contribution in [3.8, 4) is 0 Å². The van der Waals surface area contributed by atoms with E-state index in [1.807, 2.05) is 24.3 Å². The second-order valence-corrected chi connectivity index (χ2v) is 4.87. The highest BCUT2D eigenvalue weighted by Crippen LogP contribution is 2.22. The molecule has 0 aliphatic heterocycles. The molecule has 1 N–H and O–H groups in total. The van der Waals surface area contributed by atoms with Gasteiger partial charge in [-0.05, 0) is 45.6 Å². The first kappa shape index (κ1) is 13.1. The minimum atomic E-state index is -0.224. The van der Waals surface area contributed by atoms with Crippen molar-refractivity contribution in [3.05, 3.63) is 63.9 Å². The van der Waals surface area contributed by atoms with E-state index in [1.54, 1.807) is 6.07 Å².